The number of aromatic nitrogens is 2. The Morgan fingerprint density at radius 1 is 1.24 bits per heavy atom. The van der Waals surface area contributed by atoms with E-state index in [9.17, 15) is 9.59 Å². The van der Waals surface area contributed by atoms with Gasteiger partial charge in [-0.2, -0.15) is 5.10 Å². The van der Waals surface area contributed by atoms with Crippen LogP contribution in [0.15, 0.2) is 52.6 Å². The summed E-state index contributed by atoms with van der Waals surface area (Å²) in [7, 11) is 1.53. The van der Waals surface area contributed by atoms with E-state index in [-0.39, 0.29) is 23.2 Å². The number of hydrogen-bond donors (Lipinski definition) is 1. The maximum Gasteiger partial charge on any atom is 0.271 e. The number of halogens is 1. The molecule has 0 spiro atoms. The maximum atomic E-state index is 12.6. The smallest absolute Gasteiger partial charge is 0.271 e. The summed E-state index contributed by atoms with van der Waals surface area (Å²) in [6.07, 6.45) is 1.01. The summed E-state index contributed by atoms with van der Waals surface area (Å²) in [5.74, 6) is -0.298. The third kappa shape index (κ3) is 4.42. The van der Waals surface area contributed by atoms with Crippen LogP contribution >= 0.6 is 22.9 Å². The molecule has 150 valence electrons. The third-order valence-corrected chi connectivity index (χ3v) is 6.46. The molecule has 4 rings (SSSR count). The van der Waals surface area contributed by atoms with E-state index in [0.717, 1.165) is 29.8 Å². The van der Waals surface area contributed by atoms with Crippen molar-refractivity contribution >= 4 is 28.8 Å². The molecule has 3 aromatic rings. The fourth-order valence-electron chi connectivity index (χ4n) is 3.58. The predicted molar refractivity (Wildman–Crippen MR) is 114 cm³/mol. The van der Waals surface area contributed by atoms with Crippen LogP contribution in [-0.4, -0.2) is 33.7 Å². The molecule has 8 heteroatoms. The van der Waals surface area contributed by atoms with Gasteiger partial charge in [-0.25, -0.2) is 4.68 Å². The van der Waals surface area contributed by atoms with Crippen molar-refractivity contribution < 1.29 is 4.79 Å². The van der Waals surface area contributed by atoms with Crippen molar-refractivity contribution in [2.75, 3.05) is 13.1 Å². The fourth-order valence-corrected chi connectivity index (χ4v) is 4.60. The molecule has 1 aliphatic rings. The van der Waals surface area contributed by atoms with E-state index < -0.39 is 0 Å². The Balaban J connectivity index is 1.54. The number of aryl methyl sites for hydroxylation is 1. The van der Waals surface area contributed by atoms with Crippen LogP contribution in [0.25, 0.3) is 0 Å². The van der Waals surface area contributed by atoms with Gasteiger partial charge in [0.05, 0.1) is 6.04 Å². The van der Waals surface area contributed by atoms with Gasteiger partial charge in [-0.15, -0.1) is 11.3 Å². The number of carbonyl (C=O) groups is 1. The van der Waals surface area contributed by atoms with E-state index in [0.29, 0.717) is 11.6 Å². The normalized spacial score (nSPS) is 15.0. The van der Waals surface area contributed by atoms with Gasteiger partial charge in [-0.1, -0.05) is 23.7 Å². The number of benzene rings is 1. The van der Waals surface area contributed by atoms with E-state index in [2.05, 4.69) is 26.8 Å². The van der Waals surface area contributed by atoms with Gasteiger partial charge in [0.15, 0.2) is 0 Å². The summed E-state index contributed by atoms with van der Waals surface area (Å²) in [4.78, 5) is 27.9. The first kappa shape index (κ1) is 19.8. The fraction of sp³-hybridized carbons (Fsp3) is 0.286. The van der Waals surface area contributed by atoms with E-state index >= 15 is 0 Å². The zero-order valence-electron chi connectivity index (χ0n) is 16.0. The van der Waals surface area contributed by atoms with Crippen molar-refractivity contribution in [1.82, 2.24) is 20.0 Å². The topological polar surface area (TPSA) is 67.2 Å². The summed E-state index contributed by atoms with van der Waals surface area (Å²) >= 11 is 7.88. The van der Waals surface area contributed by atoms with Gasteiger partial charge in [-0.05, 0) is 47.2 Å². The van der Waals surface area contributed by atoms with Crippen LogP contribution in [0.5, 0.6) is 0 Å². The number of nitrogens with zero attached hydrogens (tertiary/aromatic N) is 3. The highest BCUT2D eigenvalue weighted by Gasteiger charge is 2.26. The summed E-state index contributed by atoms with van der Waals surface area (Å²) in [5, 5.41) is 9.84. The molecule has 1 amide bonds. The highest BCUT2D eigenvalue weighted by atomic mass is 35.5. The Kier molecular flexibility index (Phi) is 5.80. The minimum absolute atomic E-state index is 0.0109. The molecule has 0 saturated heterocycles. The van der Waals surface area contributed by atoms with Gasteiger partial charge in [0.25, 0.3) is 11.5 Å². The number of nitrogens with one attached hydrogen (secondary N) is 1. The Morgan fingerprint density at radius 2 is 2.03 bits per heavy atom. The van der Waals surface area contributed by atoms with Crippen LogP contribution in [0.1, 0.15) is 32.5 Å². The van der Waals surface area contributed by atoms with E-state index in [1.165, 1.54) is 29.6 Å². The molecule has 1 N–H and O–H groups in total. The van der Waals surface area contributed by atoms with Crippen molar-refractivity contribution in [3.63, 3.8) is 0 Å². The molecule has 0 fully saturated rings. The summed E-state index contributed by atoms with van der Waals surface area (Å²) < 4.78 is 1.16. The van der Waals surface area contributed by atoms with Crippen LogP contribution in [-0.2, 0) is 20.0 Å². The van der Waals surface area contributed by atoms with E-state index in [1.54, 1.807) is 11.3 Å². The Hall–Kier alpha value is -2.48. The molecular formula is C21H21ClN4O2S. The summed E-state index contributed by atoms with van der Waals surface area (Å²) in [6.45, 7) is 2.21. The van der Waals surface area contributed by atoms with Gasteiger partial charge in [0, 0.05) is 42.6 Å². The average molecular weight is 429 g/mol. The minimum Gasteiger partial charge on any atom is -0.349 e. The van der Waals surface area contributed by atoms with Crippen molar-refractivity contribution in [1.29, 1.82) is 0 Å². The Labute approximate surface area is 177 Å². The SMILES string of the molecule is Cn1nc(C(=O)NCC(c2ccc(Cl)cc2)N2CCc3sccc3C2)ccc1=O. The van der Waals surface area contributed by atoms with Gasteiger partial charge >= 0.3 is 0 Å². The van der Waals surface area contributed by atoms with Crippen LogP contribution < -0.4 is 10.9 Å². The van der Waals surface area contributed by atoms with Gasteiger partial charge in [0.1, 0.15) is 5.69 Å². The lowest BCUT2D eigenvalue weighted by Gasteiger charge is -2.35. The molecule has 1 aliphatic heterocycles. The minimum atomic E-state index is -0.298. The second-order valence-corrected chi connectivity index (χ2v) is 8.48. The van der Waals surface area contributed by atoms with Crippen molar-refractivity contribution in [2.24, 2.45) is 7.05 Å². The largest absolute Gasteiger partial charge is 0.349 e. The first-order valence-corrected chi connectivity index (χ1v) is 10.6. The molecule has 1 atom stereocenters. The zero-order chi connectivity index (χ0) is 20.4. The average Bonchev–Trinajstić information content (AvgIpc) is 3.19. The van der Waals surface area contributed by atoms with Gasteiger partial charge in [-0.3, -0.25) is 14.5 Å². The van der Waals surface area contributed by atoms with Crippen LogP contribution in [0, 0.1) is 0 Å². The Bertz CT molecular complexity index is 1080. The second-order valence-electron chi connectivity index (χ2n) is 7.05. The molecule has 0 radical (unpaired) electrons. The second kappa shape index (κ2) is 8.49. The molecule has 2 aromatic heterocycles. The molecule has 3 heterocycles. The third-order valence-electron chi connectivity index (χ3n) is 5.18. The van der Waals surface area contributed by atoms with Gasteiger partial charge < -0.3 is 5.32 Å². The highest BCUT2D eigenvalue weighted by Crippen LogP contribution is 2.30. The molecular weight excluding hydrogens is 408 g/mol. The number of fused-ring (bicyclic) bond motifs is 1. The molecule has 1 aromatic carbocycles. The molecule has 0 saturated carbocycles. The highest BCUT2D eigenvalue weighted by molar-refractivity contribution is 7.10. The molecule has 0 bridgehead atoms. The van der Waals surface area contributed by atoms with Crippen LogP contribution in [0.2, 0.25) is 5.02 Å². The predicted octanol–water partition coefficient (Wildman–Crippen LogP) is 3.02. The standard InChI is InChI=1S/C21H21ClN4O2S/c1-25-20(27)7-6-17(24-25)21(28)23-12-18(14-2-4-16(22)5-3-14)26-10-8-19-15(13-26)9-11-29-19/h2-7,9,11,18H,8,10,12-13H2,1H3,(H,23,28). The van der Waals surface area contributed by atoms with Crippen molar-refractivity contribution in [3.05, 3.63) is 84.9 Å². The van der Waals surface area contributed by atoms with E-state index in [4.69, 9.17) is 11.6 Å². The maximum absolute atomic E-state index is 12.6. The number of rotatable bonds is 5. The first-order chi connectivity index (χ1) is 14.0. The van der Waals surface area contributed by atoms with Crippen molar-refractivity contribution in [2.45, 2.75) is 19.0 Å². The first-order valence-electron chi connectivity index (χ1n) is 9.38. The monoisotopic (exact) mass is 428 g/mol. The lowest BCUT2D eigenvalue weighted by atomic mass is 10.0. The van der Waals surface area contributed by atoms with E-state index in [1.807, 2.05) is 24.3 Å². The zero-order valence-corrected chi connectivity index (χ0v) is 17.5. The summed E-state index contributed by atoms with van der Waals surface area (Å²) in [5.41, 5.74) is 2.43. The molecule has 1 unspecified atom stereocenters. The number of thiophene rings is 1. The quantitative estimate of drug-likeness (QED) is 0.678. The van der Waals surface area contributed by atoms with Crippen LogP contribution in [0.3, 0.4) is 0 Å². The molecule has 6 nitrogen and oxygen atoms in total. The lowest BCUT2D eigenvalue weighted by Crippen LogP contribution is -2.40. The van der Waals surface area contributed by atoms with Crippen LogP contribution in [0.4, 0.5) is 0 Å². The number of carbonyl (C=O) groups excluding carboxylic acids is 1. The number of hydrogen-bond acceptors (Lipinski definition) is 5. The lowest BCUT2D eigenvalue weighted by molar-refractivity contribution is 0.0921. The molecule has 29 heavy (non-hydrogen) atoms. The van der Waals surface area contributed by atoms with Gasteiger partial charge in [0.2, 0.25) is 0 Å². The number of amides is 1. The molecule has 0 aliphatic carbocycles. The van der Waals surface area contributed by atoms with Crippen molar-refractivity contribution in [3.8, 4) is 0 Å². The summed E-state index contributed by atoms with van der Waals surface area (Å²) in [6, 6.07) is 12.8. The Morgan fingerprint density at radius 3 is 2.79 bits per heavy atom.